The van der Waals surface area contributed by atoms with Crippen LogP contribution in [-0.2, 0) is 7.05 Å². The molecule has 8 heteroatoms. The van der Waals surface area contributed by atoms with Crippen LogP contribution in [0.15, 0.2) is 23.4 Å². The van der Waals surface area contributed by atoms with E-state index in [-0.39, 0.29) is 11.7 Å². The minimum Gasteiger partial charge on any atom is -0.344 e. The molecule has 1 saturated heterocycles. The molecule has 2 unspecified atom stereocenters. The van der Waals surface area contributed by atoms with Crippen molar-refractivity contribution in [1.29, 1.82) is 0 Å². The first-order valence-electron chi connectivity index (χ1n) is 8.40. The Kier molecular flexibility index (Phi) is 2.83. The van der Waals surface area contributed by atoms with Crippen molar-refractivity contribution < 1.29 is 0 Å². The highest BCUT2D eigenvalue weighted by atomic mass is 16.1. The van der Waals surface area contributed by atoms with Crippen molar-refractivity contribution in [2.75, 3.05) is 11.4 Å². The smallest absolute Gasteiger partial charge is 0.343 e. The Labute approximate surface area is 137 Å². The van der Waals surface area contributed by atoms with Gasteiger partial charge in [0.05, 0.1) is 17.9 Å². The number of hydrogen-bond acceptors (Lipinski definition) is 5. The van der Waals surface area contributed by atoms with Gasteiger partial charge in [-0.15, -0.1) is 0 Å². The van der Waals surface area contributed by atoms with E-state index < -0.39 is 0 Å². The molecule has 4 heterocycles. The Bertz CT molecular complexity index is 951. The van der Waals surface area contributed by atoms with E-state index in [4.69, 9.17) is 0 Å². The van der Waals surface area contributed by atoms with Crippen molar-refractivity contribution in [3.63, 3.8) is 0 Å². The number of aromatic amines is 2. The Balaban J connectivity index is 1.65. The molecule has 2 aliphatic rings. The summed E-state index contributed by atoms with van der Waals surface area (Å²) in [6.45, 7) is 0.909. The number of imidazole rings is 1. The second-order valence-corrected chi connectivity index (χ2v) is 6.81. The van der Waals surface area contributed by atoms with E-state index >= 15 is 0 Å². The van der Waals surface area contributed by atoms with Crippen molar-refractivity contribution in [3.8, 4) is 0 Å². The lowest BCUT2D eigenvalue weighted by Gasteiger charge is -2.28. The fourth-order valence-corrected chi connectivity index (χ4v) is 4.09. The average molecular weight is 325 g/mol. The van der Waals surface area contributed by atoms with Crippen molar-refractivity contribution in [2.24, 2.45) is 18.9 Å². The summed E-state index contributed by atoms with van der Waals surface area (Å²) in [5, 5.41) is 6.92. The van der Waals surface area contributed by atoms with Gasteiger partial charge in [-0.2, -0.15) is 5.10 Å². The van der Waals surface area contributed by atoms with Crippen LogP contribution in [0, 0.1) is 11.8 Å². The first kappa shape index (κ1) is 13.8. The Hall–Kier alpha value is -2.64. The van der Waals surface area contributed by atoms with Gasteiger partial charge >= 0.3 is 5.69 Å². The monoisotopic (exact) mass is 325 g/mol. The molecule has 3 aromatic rings. The molecular formula is C16H19N7O. The Morgan fingerprint density at radius 3 is 2.88 bits per heavy atom. The van der Waals surface area contributed by atoms with E-state index in [1.54, 1.807) is 24.1 Å². The van der Waals surface area contributed by atoms with Crippen LogP contribution >= 0.6 is 0 Å². The highest BCUT2D eigenvalue weighted by Crippen LogP contribution is 2.51. The Morgan fingerprint density at radius 2 is 2.12 bits per heavy atom. The lowest BCUT2D eigenvalue weighted by molar-refractivity contribution is 0.406. The molecule has 1 aliphatic carbocycles. The number of pyridine rings is 1. The van der Waals surface area contributed by atoms with Gasteiger partial charge in [-0.1, -0.05) is 0 Å². The van der Waals surface area contributed by atoms with Gasteiger partial charge in [-0.25, -0.2) is 19.9 Å². The quantitative estimate of drug-likeness (QED) is 0.758. The maximum absolute atomic E-state index is 11.9. The molecule has 2 N–H and O–H groups in total. The highest BCUT2D eigenvalue weighted by molar-refractivity contribution is 5.86. The molecule has 0 amide bonds. The van der Waals surface area contributed by atoms with Crippen LogP contribution in [0.25, 0.3) is 11.0 Å². The summed E-state index contributed by atoms with van der Waals surface area (Å²) in [5.74, 6) is 2.90. The summed E-state index contributed by atoms with van der Waals surface area (Å²) in [5.41, 5.74) is 1.68. The molecule has 3 aromatic heterocycles. The largest absolute Gasteiger partial charge is 0.344 e. The van der Waals surface area contributed by atoms with Crippen LogP contribution in [0.3, 0.4) is 0 Å². The lowest BCUT2D eigenvalue weighted by Crippen LogP contribution is -2.30. The predicted molar refractivity (Wildman–Crippen MR) is 88.6 cm³/mol. The third-order valence-corrected chi connectivity index (χ3v) is 5.44. The third-order valence-electron chi connectivity index (χ3n) is 5.44. The first-order valence-corrected chi connectivity index (χ1v) is 8.40. The molecule has 0 bridgehead atoms. The summed E-state index contributed by atoms with van der Waals surface area (Å²) in [7, 11) is 1.78. The number of hydrogen-bond donors (Lipinski definition) is 2. The minimum absolute atomic E-state index is 0.0660. The van der Waals surface area contributed by atoms with Crippen molar-refractivity contribution in [2.45, 2.75) is 25.3 Å². The minimum atomic E-state index is -0.169. The van der Waals surface area contributed by atoms with Crippen LogP contribution in [0.1, 0.15) is 31.1 Å². The maximum Gasteiger partial charge on any atom is 0.343 e. The standard InChI is InChI=1S/C16H19N7O/c1-22-15(20-21-16(22)24)13-10(9-2-3-9)5-7-23(13)14-12-11(4-6-17-14)18-8-19-12/h4,6,8-10,13H,2-3,5,7H2,1H3,(H,18,19)(H,21,24). The molecule has 0 spiro atoms. The predicted octanol–water partition coefficient (Wildman–Crippen LogP) is 1.36. The molecule has 24 heavy (non-hydrogen) atoms. The molecule has 2 fully saturated rings. The Morgan fingerprint density at radius 1 is 1.25 bits per heavy atom. The summed E-state index contributed by atoms with van der Waals surface area (Å²) in [6.07, 6.45) is 7.14. The second-order valence-electron chi connectivity index (χ2n) is 6.81. The summed E-state index contributed by atoms with van der Waals surface area (Å²) in [6, 6.07) is 2.00. The third kappa shape index (κ3) is 1.92. The normalized spacial score (nSPS) is 24.1. The molecule has 8 nitrogen and oxygen atoms in total. The second kappa shape index (κ2) is 4.93. The number of anilines is 1. The van der Waals surface area contributed by atoms with Gasteiger partial charge in [0.25, 0.3) is 0 Å². The number of nitrogens with zero attached hydrogens (tertiary/aromatic N) is 5. The van der Waals surface area contributed by atoms with Gasteiger partial charge in [0.2, 0.25) is 0 Å². The molecular weight excluding hydrogens is 306 g/mol. The average Bonchev–Trinajstić information content (AvgIpc) is 3.02. The molecule has 124 valence electrons. The molecule has 1 saturated carbocycles. The number of H-pyrrole nitrogens is 2. The van der Waals surface area contributed by atoms with Crippen LogP contribution < -0.4 is 10.6 Å². The van der Waals surface area contributed by atoms with Crippen LogP contribution in [-0.4, -0.2) is 36.3 Å². The number of aromatic nitrogens is 6. The van der Waals surface area contributed by atoms with E-state index in [0.717, 1.165) is 41.6 Å². The van der Waals surface area contributed by atoms with Gasteiger partial charge in [0.15, 0.2) is 11.6 Å². The SMILES string of the molecule is Cn1c(C2C(C3CC3)CCN2c2nccc3[nH]cnc23)n[nH]c1=O. The summed E-state index contributed by atoms with van der Waals surface area (Å²) < 4.78 is 1.63. The van der Waals surface area contributed by atoms with Crippen molar-refractivity contribution in [1.82, 2.24) is 29.7 Å². The van der Waals surface area contributed by atoms with Gasteiger partial charge in [0, 0.05) is 19.8 Å². The van der Waals surface area contributed by atoms with Crippen LogP contribution in [0.5, 0.6) is 0 Å². The summed E-state index contributed by atoms with van der Waals surface area (Å²) >= 11 is 0. The van der Waals surface area contributed by atoms with E-state index in [9.17, 15) is 4.79 Å². The van der Waals surface area contributed by atoms with E-state index in [1.165, 1.54) is 12.8 Å². The number of fused-ring (bicyclic) bond motifs is 1. The zero-order valence-electron chi connectivity index (χ0n) is 13.4. The zero-order chi connectivity index (χ0) is 16.3. The molecule has 0 radical (unpaired) electrons. The van der Waals surface area contributed by atoms with Crippen molar-refractivity contribution in [3.05, 3.63) is 34.9 Å². The molecule has 2 atom stereocenters. The number of nitrogens with one attached hydrogen (secondary N) is 2. The fraction of sp³-hybridized carbons (Fsp3) is 0.500. The highest BCUT2D eigenvalue weighted by Gasteiger charge is 2.46. The molecule has 1 aliphatic heterocycles. The van der Waals surface area contributed by atoms with Gasteiger partial charge in [-0.05, 0) is 37.2 Å². The van der Waals surface area contributed by atoms with E-state index in [2.05, 4.69) is 30.0 Å². The van der Waals surface area contributed by atoms with Gasteiger partial charge in [-0.3, -0.25) is 4.57 Å². The fourth-order valence-electron chi connectivity index (χ4n) is 4.09. The van der Waals surface area contributed by atoms with Crippen LogP contribution in [0.2, 0.25) is 0 Å². The topological polar surface area (TPSA) is 95.5 Å². The van der Waals surface area contributed by atoms with E-state index in [0.29, 0.717) is 5.92 Å². The zero-order valence-corrected chi connectivity index (χ0v) is 13.4. The van der Waals surface area contributed by atoms with Gasteiger partial charge in [0.1, 0.15) is 5.52 Å². The number of rotatable bonds is 3. The van der Waals surface area contributed by atoms with Crippen molar-refractivity contribution >= 4 is 16.9 Å². The van der Waals surface area contributed by atoms with Crippen LogP contribution in [0.4, 0.5) is 5.82 Å². The first-order chi connectivity index (χ1) is 11.7. The lowest BCUT2D eigenvalue weighted by atomic mass is 9.94. The van der Waals surface area contributed by atoms with E-state index in [1.807, 2.05) is 6.07 Å². The summed E-state index contributed by atoms with van der Waals surface area (Å²) in [4.78, 5) is 26.4. The molecule has 0 aromatic carbocycles. The maximum atomic E-state index is 11.9. The van der Waals surface area contributed by atoms with Gasteiger partial charge < -0.3 is 9.88 Å². The molecule has 5 rings (SSSR count).